The van der Waals surface area contributed by atoms with Crippen LogP contribution in [0.1, 0.15) is 54.8 Å². The SMILES string of the molecule is CCCNc1nc(Nc2ccc(C(N)=O)cc2)ncc1C(=O)Nc1cccc(NC(=O)C(C)N(C)C(=O)/C=C/CN(CC)CC)c1. The molecule has 46 heavy (non-hydrogen) atoms. The lowest BCUT2D eigenvalue weighted by Gasteiger charge is -2.23. The summed E-state index contributed by atoms with van der Waals surface area (Å²) in [4.78, 5) is 62.5. The summed E-state index contributed by atoms with van der Waals surface area (Å²) in [7, 11) is 1.58. The molecule has 13 heteroatoms. The average molecular weight is 630 g/mol. The second-order valence-corrected chi connectivity index (χ2v) is 10.5. The predicted octanol–water partition coefficient (Wildman–Crippen LogP) is 4.08. The van der Waals surface area contributed by atoms with Gasteiger partial charge in [0.1, 0.15) is 17.4 Å². The Hall–Kier alpha value is -5.30. The van der Waals surface area contributed by atoms with E-state index in [1.807, 2.05) is 6.92 Å². The average Bonchev–Trinajstić information content (AvgIpc) is 3.05. The smallest absolute Gasteiger partial charge is 0.260 e. The fraction of sp³-hybridized carbons (Fsp3) is 0.333. The molecule has 1 aromatic heterocycles. The number of benzene rings is 2. The van der Waals surface area contributed by atoms with Crippen molar-refractivity contribution in [3.63, 3.8) is 0 Å². The zero-order valence-electron chi connectivity index (χ0n) is 27.0. The van der Waals surface area contributed by atoms with Gasteiger partial charge in [0, 0.05) is 55.0 Å². The molecule has 0 aliphatic rings. The minimum absolute atomic E-state index is 0.223. The molecule has 0 saturated carbocycles. The molecule has 3 rings (SSSR count). The van der Waals surface area contributed by atoms with E-state index in [1.165, 1.54) is 17.2 Å². The summed E-state index contributed by atoms with van der Waals surface area (Å²) in [5.74, 6) is -1.03. The van der Waals surface area contributed by atoms with Crippen LogP contribution >= 0.6 is 0 Å². The Labute approximate surface area is 269 Å². The molecule has 0 aliphatic heterocycles. The fourth-order valence-electron chi connectivity index (χ4n) is 4.22. The number of rotatable bonds is 16. The highest BCUT2D eigenvalue weighted by molar-refractivity contribution is 6.08. The number of carbonyl (C=O) groups is 4. The van der Waals surface area contributed by atoms with Crippen molar-refractivity contribution in [1.82, 2.24) is 19.8 Å². The molecule has 0 fully saturated rings. The first-order chi connectivity index (χ1) is 22.1. The Morgan fingerprint density at radius 3 is 2.26 bits per heavy atom. The summed E-state index contributed by atoms with van der Waals surface area (Å²) in [6.07, 6.45) is 5.50. The number of likely N-dealkylation sites (N-methyl/N-ethyl adjacent to an activating group) is 2. The van der Waals surface area contributed by atoms with Crippen molar-refractivity contribution >= 4 is 52.5 Å². The van der Waals surface area contributed by atoms with E-state index >= 15 is 0 Å². The van der Waals surface area contributed by atoms with Gasteiger partial charge in [0.05, 0.1) is 0 Å². The maximum Gasteiger partial charge on any atom is 0.260 e. The van der Waals surface area contributed by atoms with Crippen molar-refractivity contribution in [3.8, 4) is 0 Å². The molecule has 2 aromatic carbocycles. The van der Waals surface area contributed by atoms with E-state index in [-0.39, 0.29) is 23.3 Å². The van der Waals surface area contributed by atoms with Gasteiger partial charge in [-0.2, -0.15) is 4.98 Å². The Morgan fingerprint density at radius 2 is 1.63 bits per heavy atom. The van der Waals surface area contributed by atoms with Crippen LogP contribution < -0.4 is 27.0 Å². The predicted molar refractivity (Wildman–Crippen MR) is 181 cm³/mol. The molecular weight excluding hydrogens is 586 g/mol. The summed E-state index contributed by atoms with van der Waals surface area (Å²) < 4.78 is 0. The largest absolute Gasteiger partial charge is 0.369 e. The molecule has 4 amide bonds. The maximum absolute atomic E-state index is 13.3. The second kappa shape index (κ2) is 17.3. The number of hydrogen-bond donors (Lipinski definition) is 5. The lowest BCUT2D eigenvalue weighted by molar-refractivity contribution is -0.132. The van der Waals surface area contributed by atoms with Crippen LogP contribution in [-0.4, -0.2) is 82.7 Å². The summed E-state index contributed by atoms with van der Waals surface area (Å²) in [5.41, 5.74) is 7.44. The molecule has 1 atom stereocenters. The van der Waals surface area contributed by atoms with E-state index in [4.69, 9.17) is 5.73 Å². The van der Waals surface area contributed by atoms with Crippen LogP contribution in [0.5, 0.6) is 0 Å². The van der Waals surface area contributed by atoms with E-state index in [0.29, 0.717) is 41.5 Å². The van der Waals surface area contributed by atoms with Crippen LogP contribution in [0.4, 0.5) is 28.8 Å². The van der Waals surface area contributed by atoms with Crippen molar-refractivity contribution in [2.75, 3.05) is 54.5 Å². The monoisotopic (exact) mass is 629 g/mol. The Balaban J connectivity index is 1.67. The number of nitrogens with zero attached hydrogens (tertiary/aromatic N) is 4. The maximum atomic E-state index is 13.3. The van der Waals surface area contributed by atoms with Crippen LogP contribution in [0, 0.1) is 0 Å². The number of carbonyl (C=O) groups excluding carboxylic acids is 4. The highest BCUT2D eigenvalue weighted by Gasteiger charge is 2.21. The molecular formula is C33H43N9O4. The number of amides is 4. The molecule has 1 heterocycles. The van der Waals surface area contributed by atoms with Crippen LogP contribution in [-0.2, 0) is 9.59 Å². The number of hydrogen-bond acceptors (Lipinski definition) is 9. The van der Waals surface area contributed by atoms with E-state index < -0.39 is 17.9 Å². The minimum Gasteiger partial charge on any atom is -0.369 e. The molecule has 0 spiro atoms. The number of aromatic nitrogens is 2. The fourth-order valence-corrected chi connectivity index (χ4v) is 4.22. The lowest BCUT2D eigenvalue weighted by Crippen LogP contribution is -2.42. The van der Waals surface area contributed by atoms with E-state index in [9.17, 15) is 19.2 Å². The summed E-state index contributed by atoms with van der Waals surface area (Å²) in [6.45, 7) is 10.8. The molecule has 244 valence electrons. The van der Waals surface area contributed by atoms with Gasteiger partial charge in [-0.25, -0.2) is 4.98 Å². The third kappa shape index (κ3) is 10.1. The molecule has 0 bridgehead atoms. The van der Waals surface area contributed by atoms with Crippen LogP contribution in [0.25, 0.3) is 0 Å². The second-order valence-electron chi connectivity index (χ2n) is 10.5. The quantitative estimate of drug-likeness (QED) is 0.146. The first-order valence-electron chi connectivity index (χ1n) is 15.2. The standard InChI is InChI=1S/C33H43N9O4/c1-6-18-35-30-27(21-36-33(40-30)39-24-16-14-23(15-17-24)29(34)44)32(46)38-26-12-9-11-25(20-26)37-31(45)22(4)41(5)28(43)13-10-19-42(7-2)8-3/h9-17,20-22H,6-8,18-19H2,1-5H3,(H2,34,44)(H,37,45)(H,38,46)(H2,35,36,39,40)/b13-10+. The summed E-state index contributed by atoms with van der Waals surface area (Å²) >= 11 is 0. The minimum atomic E-state index is -0.735. The van der Waals surface area contributed by atoms with Gasteiger partial charge in [-0.1, -0.05) is 32.9 Å². The molecule has 13 nitrogen and oxygen atoms in total. The summed E-state index contributed by atoms with van der Waals surface area (Å²) in [6, 6.07) is 12.5. The zero-order chi connectivity index (χ0) is 33.6. The van der Waals surface area contributed by atoms with Crippen molar-refractivity contribution in [2.45, 2.75) is 40.2 Å². The first-order valence-corrected chi connectivity index (χ1v) is 15.2. The molecule has 1 unspecified atom stereocenters. The number of nitrogens with two attached hydrogens (primary N) is 1. The van der Waals surface area contributed by atoms with Crippen molar-refractivity contribution in [1.29, 1.82) is 0 Å². The van der Waals surface area contributed by atoms with E-state index in [2.05, 4.69) is 50.0 Å². The van der Waals surface area contributed by atoms with Gasteiger partial charge in [0.2, 0.25) is 23.7 Å². The van der Waals surface area contributed by atoms with Crippen LogP contribution in [0.15, 0.2) is 66.9 Å². The van der Waals surface area contributed by atoms with Crippen molar-refractivity contribution < 1.29 is 19.2 Å². The lowest BCUT2D eigenvalue weighted by atomic mass is 10.2. The Bertz CT molecular complexity index is 1540. The van der Waals surface area contributed by atoms with E-state index in [0.717, 1.165) is 19.5 Å². The number of nitrogens with one attached hydrogen (secondary N) is 4. The molecule has 6 N–H and O–H groups in total. The zero-order valence-corrected chi connectivity index (χ0v) is 27.0. The van der Waals surface area contributed by atoms with Gasteiger partial charge in [-0.3, -0.25) is 19.2 Å². The van der Waals surface area contributed by atoms with Gasteiger partial charge in [0.25, 0.3) is 5.91 Å². The van der Waals surface area contributed by atoms with E-state index in [1.54, 1.807) is 68.6 Å². The van der Waals surface area contributed by atoms with Gasteiger partial charge >= 0.3 is 0 Å². The molecule has 0 aliphatic carbocycles. The summed E-state index contributed by atoms with van der Waals surface area (Å²) in [5, 5.41) is 11.9. The van der Waals surface area contributed by atoms with Crippen LogP contribution in [0.3, 0.4) is 0 Å². The highest BCUT2D eigenvalue weighted by Crippen LogP contribution is 2.21. The first kappa shape index (κ1) is 35.2. The van der Waals surface area contributed by atoms with Gasteiger partial charge in [-0.05, 0) is 68.9 Å². The van der Waals surface area contributed by atoms with Gasteiger partial charge < -0.3 is 36.8 Å². The third-order valence-corrected chi connectivity index (χ3v) is 7.22. The molecule has 3 aromatic rings. The van der Waals surface area contributed by atoms with Crippen molar-refractivity contribution in [2.24, 2.45) is 5.73 Å². The Morgan fingerprint density at radius 1 is 0.957 bits per heavy atom. The number of primary amides is 1. The molecule has 0 saturated heterocycles. The highest BCUT2D eigenvalue weighted by atomic mass is 16.2. The van der Waals surface area contributed by atoms with Gasteiger partial charge in [-0.15, -0.1) is 0 Å². The van der Waals surface area contributed by atoms with Crippen LogP contribution in [0.2, 0.25) is 0 Å². The van der Waals surface area contributed by atoms with Gasteiger partial charge in [0.15, 0.2) is 0 Å². The third-order valence-electron chi connectivity index (χ3n) is 7.22. The molecule has 0 radical (unpaired) electrons. The number of anilines is 5. The van der Waals surface area contributed by atoms with Crippen molar-refractivity contribution in [3.05, 3.63) is 78.0 Å². The topological polar surface area (TPSA) is 175 Å². The normalized spacial score (nSPS) is 11.6. The Kier molecular flexibility index (Phi) is 13.2.